The fourth-order valence-electron chi connectivity index (χ4n) is 10.0. The van der Waals surface area contributed by atoms with Crippen LogP contribution < -0.4 is 11.5 Å². The number of ether oxygens (including phenoxy) is 4. The molecule has 3 aliphatic rings. The standard InChI is InChI=1S/C48H62F2N6O9/c1-23(2)39(51)46(60)54-17-9-11-31(54)21-35-33-15-13-29(49)19-37(33)53-41(35)42-36(22-32-12-10-18-55(32)47(61)40(52)24(3)4)34-16-14-30(50)20-38(34)56(42)48-45(65-28(8)59)44(64-27(7)58)43(25(5)62-48)63-26(6)57/h13-16,19-20,23-25,31-32,39-40,43-45,48,53H,9-12,17-18,21-22,51-52H2,1-8H3/t25-,31-,32-,39-,40-,43+,44+,45-,48-/m0/s1. The predicted octanol–water partition coefficient (Wildman–Crippen LogP) is 5.81. The fraction of sp³-hybridized carbons (Fsp3) is 0.562. The molecule has 5 N–H and O–H groups in total. The number of halogens is 2. The molecule has 0 saturated carbocycles. The van der Waals surface area contributed by atoms with E-state index in [0.717, 1.165) is 12.0 Å². The van der Waals surface area contributed by atoms with Crippen LogP contribution in [0.25, 0.3) is 33.2 Å². The summed E-state index contributed by atoms with van der Waals surface area (Å²) < 4.78 is 57.1. The smallest absolute Gasteiger partial charge is 0.303 e. The molecule has 2 aromatic heterocycles. The molecule has 0 aliphatic carbocycles. The maximum Gasteiger partial charge on any atom is 0.303 e. The number of benzene rings is 2. The summed E-state index contributed by atoms with van der Waals surface area (Å²) in [6.07, 6.45) is -3.12. The van der Waals surface area contributed by atoms with Crippen molar-refractivity contribution in [1.29, 1.82) is 0 Å². The minimum Gasteiger partial charge on any atom is -0.456 e. The van der Waals surface area contributed by atoms with Crippen LogP contribution in [0.5, 0.6) is 0 Å². The van der Waals surface area contributed by atoms with E-state index >= 15 is 8.78 Å². The lowest BCUT2D eigenvalue weighted by Crippen LogP contribution is -2.58. The van der Waals surface area contributed by atoms with Crippen LogP contribution in [-0.2, 0) is 55.8 Å². The van der Waals surface area contributed by atoms with Gasteiger partial charge in [-0.1, -0.05) is 27.7 Å². The van der Waals surface area contributed by atoms with E-state index in [1.807, 2.05) is 37.5 Å². The summed E-state index contributed by atoms with van der Waals surface area (Å²) in [6.45, 7) is 13.7. The van der Waals surface area contributed by atoms with Crippen molar-refractivity contribution in [2.75, 3.05) is 13.1 Å². The molecule has 65 heavy (non-hydrogen) atoms. The molecule has 3 fully saturated rings. The third-order valence-corrected chi connectivity index (χ3v) is 13.3. The van der Waals surface area contributed by atoms with Crippen LogP contribution in [0.3, 0.4) is 0 Å². The third-order valence-electron chi connectivity index (χ3n) is 13.3. The first kappa shape index (κ1) is 47.6. The number of likely N-dealkylation sites (tertiary alicyclic amines) is 2. The average Bonchev–Trinajstić information content (AvgIpc) is 4.04. The maximum atomic E-state index is 15.9. The number of rotatable bonds is 13. The Bertz CT molecular complexity index is 2470. The maximum absolute atomic E-state index is 15.9. The zero-order valence-corrected chi connectivity index (χ0v) is 38.4. The van der Waals surface area contributed by atoms with E-state index in [1.165, 1.54) is 45.0 Å². The monoisotopic (exact) mass is 904 g/mol. The molecule has 17 heteroatoms. The van der Waals surface area contributed by atoms with Crippen LogP contribution in [0.15, 0.2) is 36.4 Å². The highest BCUT2D eigenvalue weighted by molar-refractivity contribution is 5.97. The van der Waals surface area contributed by atoms with E-state index in [2.05, 4.69) is 4.98 Å². The third kappa shape index (κ3) is 9.50. The van der Waals surface area contributed by atoms with Crippen LogP contribution in [0.1, 0.15) is 98.4 Å². The molecule has 15 nitrogen and oxygen atoms in total. The van der Waals surface area contributed by atoms with Gasteiger partial charge in [0.1, 0.15) is 11.6 Å². The number of hydrogen-bond donors (Lipinski definition) is 3. The van der Waals surface area contributed by atoms with Crippen molar-refractivity contribution in [3.8, 4) is 11.4 Å². The Morgan fingerprint density at radius 3 is 1.75 bits per heavy atom. The molecule has 0 unspecified atom stereocenters. The molecule has 9 atom stereocenters. The number of aromatic amines is 1. The van der Waals surface area contributed by atoms with E-state index in [1.54, 1.807) is 23.6 Å². The van der Waals surface area contributed by atoms with Crippen LogP contribution in [0.2, 0.25) is 0 Å². The number of esters is 3. The number of nitrogens with one attached hydrogen (secondary N) is 1. The Balaban J connectivity index is 1.53. The highest BCUT2D eigenvalue weighted by atomic mass is 19.1. The van der Waals surface area contributed by atoms with Gasteiger partial charge >= 0.3 is 17.9 Å². The Labute approximate surface area is 377 Å². The van der Waals surface area contributed by atoms with E-state index in [0.29, 0.717) is 77.5 Å². The lowest BCUT2D eigenvalue weighted by Gasteiger charge is -2.44. The highest BCUT2D eigenvalue weighted by Crippen LogP contribution is 2.46. The summed E-state index contributed by atoms with van der Waals surface area (Å²) in [6, 6.07) is 6.62. The summed E-state index contributed by atoms with van der Waals surface area (Å²) in [5.41, 5.74) is 16.0. The van der Waals surface area contributed by atoms with Gasteiger partial charge in [0.25, 0.3) is 0 Å². The van der Waals surface area contributed by atoms with E-state index in [9.17, 15) is 24.0 Å². The Hall–Kier alpha value is -5.39. The molecule has 3 aliphatic heterocycles. The zero-order chi connectivity index (χ0) is 47.2. The number of carbonyl (C=O) groups excluding carboxylic acids is 5. The number of fused-ring (bicyclic) bond motifs is 2. The first-order valence-electron chi connectivity index (χ1n) is 22.7. The zero-order valence-electron chi connectivity index (χ0n) is 38.4. The second-order valence-corrected chi connectivity index (χ2v) is 18.6. The number of nitrogens with two attached hydrogens (primary N) is 2. The van der Waals surface area contributed by atoms with Gasteiger partial charge in [-0.15, -0.1) is 0 Å². The lowest BCUT2D eigenvalue weighted by atomic mass is 9.94. The van der Waals surface area contributed by atoms with E-state index < -0.39 is 72.3 Å². The van der Waals surface area contributed by atoms with Crippen molar-refractivity contribution < 1.29 is 51.7 Å². The molecule has 0 spiro atoms. The topological polar surface area (TPSA) is 202 Å². The van der Waals surface area contributed by atoms with Crippen molar-refractivity contribution in [2.24, 2.45) is 23.3 Å². The minimum absolute atomic E-state index is 0.106. The molecule has 2 amide bonds. The van der Waals surface area contributed by atoms with Crippen molar-refractivity contribution in [2.45, 2.75) is 149 Å². The van der Waals surface area contributed by atoms with Crippen molar-refractivity contribution in [3.63, 3.8) is 0 Å². The number of aromatic nitrogens is 2. The Morgan fingerprint density at radius 1 is 0.723 bits per heavy atom. The van der Waals surface area contributed by atoms with Crippen LogP contribution in [0.4, 0.5) is 8.78 Å². The van der Waals surface area contributed by atoms with Gasteiger partial charge in [-0.25, -0.2) is 8.78 Å². The number of nitrogens with zero attached hydrogens (tertiary/aromatic N) is 3. The van der Waals surface area contributed by atoms with Gasteiger partial charge < -0.3 is 49.8 Å². The molecule has 4 aromatic rings. The SMILES string of the molecule is CC(=O)O[C@@H]1[C@H](OC(C)=O)[C@H](C)O[C@H](n2c(-c3[nH]c4cc(F)ccc4c3C[C@@H]3CCCN3C(=O)[C@@H](N)C(C)C)c(C[C@@H]3CCCN3C(=O)[C@@H](N)C(C)C)c3ccc(F)cc32)[C@H]1OC(C)=O. The molecule has 0 radical (unpaired) electrons. The Morgan fingerprint density at radius 2 is 1.22 bits per heavy atom. The number of H-pyrrole nitrogens is 1. The summed E-state index contributed by atoms with van der Waals surface area (Å²) >= 11 is 0. The summed E-state index contributed by atoms with van der Waals surface area (Å²) in [5, 5.41) is 1.25. The van der Waals surface area contributed by atoms with Gasteiger partial charge in [0.05, 0.1) is 35.1 Å². The van der Waals surface area contributed by atoms with Crippen molar-refractivity contribution >= 4 is 51.5 Å². The lowest BCUT2D eigenvalue weighted by molar-refractivity contribution is -0.258. The van der Waals surface area contributed by atoms with Crippen LogP contribution >= 0.6 is 0 Å². The molecular weight excluding hydrogens is 843 g/mol. The molecule has 352 valence electrons. The van der Waals surface area contributed by atoms with Gasteiger partial charge in [-0.3, -0.25) is 24.0 Å². The van der Waals surface area contributed by atoms with Gasteiger partial charge in [0, 0.05) is 62.2 Å². The van der Waals surface area contributed by atoms with Crippen molar-refractivity contribution in [3.05, 3.63) is 59.2 Å². The molecule has 3 saturated heterocycles. The van der Waals surface area contributed by atoms with Gasteiger partial charge in [-0.05, 0) is 105 Å². The fourth-order valence-corrected chi connectivity index (χ4v) is 10.0. The molecular formula is C48H62F2N6O9. The first-order valence-corrected chi connectivity index (χ1v) is 22.7. The number of amides is 2. The highest BCUT2D eigenvalue weighted by Gasteiger charge is 2.52. The number of carbonyl (C=O) groups is 5. The van der Waals surface area contributed by atoms with Gasteiger partial charge in [-0.2, -0.15) is 0 Å². The van der Waals surface area contributed by atoms with Gasteiger partial charge in [0.2, 0.25) is 11.8 Å². The van der Waals surface area contributed by atoms with E-state index in [4.69, 9.17) is 30.4 Å². The molecule has 0 bridgehead atoms. The van der Waals surface area contributed by atoms with Crippen LogP contribution in [0, 0.1) is 23.5 Å². The molecule has 5 heterocycles. The number of hydrogen-bond acceptors (Lipinski definition) is 11. The first-order chi connectivity index (χ1) is 30.8. The quantitative estimate of drug-likeness (QED) is 0.108. The summed E-state index contributed by atoms with van der Waals surface area (Å²) in [5.74, 6) is -3.90. The second kappa shape index (κ2) is 19.2. The second-order valence-electron chi connectivity index (χ2n) is 18.6. The predicted molar refractivity (Wildman–Crippen MR) is 238 cm³/mol. The molecule has 2 aromatic carbocycles. The van der Waals surface area contributed by atoms with Crippen molar-refractivity contribution in [1.82, 2.24) is 19.4 Å². The summed E-state index contributed by atoms with van der Waals surface area (Å²) in [7, 11) is 0. The Kier molecular flexibility index (Phi) is 14.1. The average molecular weight is 905 g/mol. The van der Waals surface area contributed by atoms with Crippen LogP contribution in [-0.4, -0.2) is 111 Å². The van der Waals surface area contributed by atoms with E-state index in [-0.39, 0.29) is 42.2 Å². The summed E-state index contributed by atoms with van der Waals surface area (Å²) in [4.78, 5) is 73.5. The largest absolute Gasteiger partial charge is 0.456 e. The minimum atomic E-state index is -1.47. The van der Waals surface area contributed by atoms with Gasteiger partial charge in [0.15, 0.2) is 24.5 Å². The normalized spacial score (nSPS) is 24.6. The molecule has 7 rings (SSSR count).